The van der Waals surface area contributed by atoms with Gasteiger partial charge in [0.2, 0.25) is 0 Å². The van der Waals surface area contributed by atoms with Crippen molar-refractivity contribution in [3.05, 3.63) is 70.7 Å². The van der Waals surface area contributed by atoms with Crippen LogP contribution in [0.5, 0.6) is 11.5 Å². The number of ether oxygens (including phenoxy) is 2. The quantitative estimate of drug-likeness (QED) is 0.445. The van der Waals surface area contributed by atoms with Crippen LogP contribution < -0.4 is 14.9 Å². The second-order valence-corrected chi connectivity index (χ2v) is 5.54. The zero-order valence-electron chi connectivity index (χ0n) is 13.2. The van der Waals surface area contributed by atoms with Crippen molar-refractivity contribution in [3.63, 3.8) is 0 Å². The van der Waals surface area contributed by atoms with Crippen LogP contribution >= 0.6 is 15.9 Å². The molecule has 0 saturated heterocycles. The predicted molar refractivity (Wildman–Crippen MR) is 97.9 cm³/mol. The molecule has 0 aromatic heterocycles. The van der Waals surface area contributed by atoms with Crippen molar-refractivity contribution >= 4 is 28.1 Å². The van der Waals surface area contributed by atoms with E-state index in [1.165, 1.54) is 6.21 Å². The first-order valence-electron chi connectivity index (χ1n) is 7.15. The van der Waals surface area contributed by atoms with Crippen molar-refractivity contribution in [1.29, 1.82) is 0 Å². The number of carbonyl (C=O) groups is 1. The maximum absolute atomic E-state index is 12.0. The monoisotopic (exact) mass is 388 g/mol. The fraction of sp³-hybridized carbons (Fsp3) is 0.111. The van der Waals surface area contributed by atoms with Gasteiger partial charge in [-0.05, 0) is 51.8 Å². The van der Waals surface area contributed by atoms with Crippen LogP contribution in [0, 0.1) is 0 Å². The van der Waals surface area contributed by atoms with Gasteiger partial charge in [0, 0.05) is 4.47 Å². The molecule has 1 N–H and O–H groups in total. The topological polar surface area (TPSA) is 59.9 Å². The number of rotatable bonds is 7. The van der Waals surface area contributed by atoms with E-state index in [0.29, 0.717) is 28.1 Å². The molecule has 24 heavy (non-hydrogen) atoms. The van der Waals surface area contributed by atoms with Crippen LogP contribution in [0.1, 0.15) is 15.9 Å². The summed E-state index contributed by atoms with van der Waals surface area (Å²) in [6.07, 6.45) is 3.20. The van der Waals surface area contributed by atoms with Gasteiger partial charge in [-0.2, -0.15) is 5.10 Å². The average Bonchev–Trinajstić information content (AvgIpc) is 2.60. The predicted octanol–water partition coefficient (Wildman–Crippen LogP) is 3.79. The van der Waals surface area contributed by atoms with E-state index in [1.54, 1.807) is 43.5 Å². The summed E-state index contributed by atoms with van der Waals surface area (Å²) >= 11 is 3.33. The van der Waals surface area contributed by atoms with Gasteiger partial charge in [-0.1, -0.05) is 24.8 Å². The Kier molecular flexibility index (Phi) is 6.57. The van der Waals surface area contributed by atoms with Crippen molar-refractivity contribution in [2.24, 2.45) is 5.10 Å². The second kappa shape index (κ2) is 8.88. The lowest BCUT2D eigenvalue weighted by atomic mass is 10.2. The Bertz CT molecular complexity index is 760. The van der Waals surface area contributed by atoms with Crippen molar-refractivity contribution in [2.75, 3.05) is 13.7 Å². The Hall–Kier alpha value is -2.60. The molecule has 2 aromatic carbocycles. The summed E-state index contributed by atoms with van der Waals surface area (Å²) < 4.78 is 11.5. The zero-order chi connectivity index (χ0) is 17.4. The van der Waals surface area contributed by atoms with Crippen LogP contribution in [-0.2, 0) is 0 Å². The number of methoxy groups -OCH3 is 1. The Balaban J connectivity index is 2.05. The van der Waals surface area contributed by atoms with E-state index in [1.807, 2.05) is 12.1 Å². The Labute approximate surface area is 149 Å². The van der Waals surface area contributed by atoms with E-state index >= 15 is 0 Å². The van der Waals surface area contributed by atoms with Crippen LogP contribution in [-0.4, -0.2) is 25.8 Å². The molecule has 0 radical (unpaired) electrons. The number of nitrogens with one attached hydrogen (secondary N) is 1. The van der Waals surface area contributed by atoms with Crippen LogP contribution in [0.4, 0.5) is 0 Å². The van der Waals surface area contributed by atoms with Crippen molar-refractivity contribution in [1.82, 2.24) is 5.43 Å². The number of amides is 1. The molecule has 0 aliphatic heterocycles. The number of hydrazone groups is 1. The Morgan fingerprint density at radius 1 is 1.29 bits per heavy atom. The molecule has 5 nitrogen and oxygen atoms in total. The smallest absolute Gasteiger partial charge is 0.272 e. The van der Waals surface area contributed by atoms with Crippen LogP contribution in [0.2, 0.25) is 0 Å². The van der Waals surface area contributed by atoms with E-state index in [4.69, 9.17) is 9.47 Å². The lowest BCUT2D eigenvalue weighted by molar-refractivity contribution is 0.0954. The van der Waals surface area contributed by atoms with E-state index in [9.17, 15) is 4.79 Å². The number of hydrogen-bond donors (Lipinski definition) is 1. The minimum Gasteiger partial charge on any atom is -0.493 e. The fourth-order valence-electron chi connectivity index (χ4n) is 1.90. The molecule has 2 rings (SSSR count). The molecule has 0 heterocycles. The van der Waals surface area contributed by atoms with E-state index < -0.39 is 0 Å². The molecular formula is C18H17BrN2O3. The highest BCUT2D eigenvalue weighted by atomic mass is 79.9. The van der Waals surface area contributed by atoms with E-state index in [-0.39, 0.29) is 5.91 Å². The maximum Gasteiger partial charge on any atom is 0.272 e. The van der Waals surface area contributed by atoms with Crippen molar-refractivity contribution in [2.45, 2.75) is 0 Å². The molecule has 1 amide bonds. The summed E-state index contributed by atoms with van der Waals surface area (Å²) in [6, 6.07) is 12.5. The summed E-state index contributed by atoms with van der Waals surface area (Å²) in [5.41, 5.74) is 3.77. The van der Waals surface area contributed by atoms with E-state index in [2.05, 4.69) is 33.0 Å². The molecular weight excluding hydrogens is 372 g/mol. The van der Waals surface area contributed by atoms with Crippen LogP contribution in [0.3, 0.4) is 0 Å². The van der Waals surface area contributed by atoms with Gasteiger partial charge in [0.15, 0.2) is 11.5 Å². The summed E-state index contributed by atoms with van der Waals surface area (Å²) in [5.74, 6) is 0.904. The second-order valence-electron chi connectivity index (χ2n) is 4.69. The molecule has 0 atom stereocenters. The van der Waals surface area contributed by atoms with Crippen molar-refractivity contribution < 1.29 is 14.3 Å². The maximum atomic E-state index is 12.0. The molecule has 0 spiro atoms. The lowest BCUT2D eigenvalue weighted by Crippen LogP contribution is -2.18. The number of hydrogen-bond acceptors (Lipinski definition) is 4. The normalized spacial score (nSPS) is 10.4. The lowest BCUT2D eigenvalue weighted by Gasteiger charge is -2.09. The van der Waals surface area contributed by atoms with Gasteiger partial charge in [-0.25, -0.2) is 5.43 Å². The highest BCUT2D eigenvalue weighted by molar-refractivity contribution is 9.10. The zero-order valence-corrected chi connectivity index (χ0v) is 14.7. The first-order chi connectivity index (χ1) is 11.7. The molecule has 0 aliphatic rings. The molecule has 124 valence electrons. The first-order valence-corrected chi connectivity index (χ1v) is 7.94. The number of benzene rings is 2. The summed E-state index contributed by atoms with van der Waals surface area (Å²) in [4.78, 5) is 12.0. The Morgan fingerprint density at radius 3 is 2.79 bits per heavy atom. The van der Waals surface area contributed by atoms with Gasteiger partial charge in [0.25, 0.3) is 5.91 Å². The van der Waals surface area contributed by atoms with Gasteiger partial charge in [-0.15, -0.1) is 0 Å². The molecule has 0 saturated carbocycles. The fourth-order valence-corrected chi connectivity index (χ4v) is 2.37. The summed E-state index contributed by atoms with van der Waals surface area (Å²) in [6.45, 7) is 4.00. The third-order valence-corrected chi connectivity index (χ3v) is 3.73. The molecule has 2 aromatic rings. The molecule has 0 aliphatic carbocycles. The van der Waals surface area contributed by atoms with Crippen LogP contribution in [0.15, 0.2) is 64.7 Å². The average molecular weight is 389 g/mol. The standard InChI is InChI=1S/C18H17BrN2O3/c1-3-10-24-16-9-8-13(11-17(16)23-2)12-20-21-18(22)14-6-4-5-7-15(14)19/h3-9,11-12H,1,10H2,2H3,(H,21,22)/b20-12-. The third-order valence-electron chi connectivity index (χ3n) is 3.04. The SMILES string of the molecule is C=CCOc1ccc(/C=N\NC(=O)c2ccccc2Br)cc1OC. The molecule has 0 unspecified atom stereocenters. The van der Waals surface area contributed by atoms with Gasteiger partial charge in [-0.3, -0.25) is 4.79 Å². The van der Waals surface area contributed by atoms with Gasteiger partial charge in [0.1, 0.15) is 6.61 Å². The van der Waals surface area contributed by atoms with Gasteiger partial charge >= 0.3 is 0 Å². The first kappa shape index (κ1) is 17.7. The minimum atomic E-state index is -0.295. The number of carbonyl (C=O) groups excluding carboxylic acids is 1. The molecule has 6 heteroatoms. The van der Waals surface area contributed by atoms with Gasteiger partial charge in [0.05, 0.1) is 18.9 Å². The van der Waals surface area contributed by atoms with Gasteiger partial charge < -0.3 is 9.47 Å². The summed E-state index contributed by atoms with van der Waals surface area (Å²) in [5, 5.41) is 3.97. The largest absolute Gasteiger partial charge is 0.493 e. The highest BCUT2D eigenvalue weighted by Crippen LogP contribution is 2.27. The molecule has 0 bridgehead atoms. The van der Waals surface area contributed by atoms with Crippen molar-refractivity contribution in [3.8, 4) is 11.5 Å². The number of nitrogens with zero attached hydrogens (tertiary/aromatic N) is 1. The van der Waals surface area contributed by atoms with E-state index in [0.717, 1.165) is 5.56 Å². The number of halogens is 1. The Morgan fingerprint density at radius 2 is 2.08 bits per heavy atom. The minimum absolute atomic E-state index is 0.295. The van der Waals surface area contributed by atoms with Crippen LogP contribution in [0.25, 0.3) is 0 Å². The highest BCUT2D eigenvalue weighted by Gasteiger charge is 2.08. The third kappa shape index (κ3) is 4.70. The molecule has 0 fully saturated rings. The summed E-state index contributed by atoms with van der Waals surface area (Å²) in [7, 11) is 1.56.